The number of carbonyl (C=O) groups excluding carboxylic acids is 1. The van der Waals surface area contributed by atoms with Crippen molar-refractivity contribution >= 4 is 18.1 Å². The predicted molar refractivity (Wildman–Crippen MR) is 72.5 cm³/mol. The molecule has 0 spiro atoms. The Morgan fingerprint density at radius 2 is 1.94 bits per heavy atom. The molecule has 0 saturated heterocycles. The minimum absolute atomic E-state index is 0.234. The number of primary amides is 1. The molecule has 3 N–H and O–H groups in total. The molecule has 0 aliphatic heterocycles. The topological polar surface area (TPSA) is 92.8 Å². The van der Waals surface area contributed by atoms with Crippen LogP contribution in [-0.4, -0.2) is 50.6 Å². The fourth-order valence-electron chi connectivity index (χ4n) is 1.25. The zero-order chi connectivity index (χ0) is 14.0. The summed E-state index contributed by atoms with van der Waals surface area (Å²) < 4.78 is 1.80. The molecule has 104 valence electrons. The van der Waals surface area contributed by atoms with E-state index in [1.165, 1.54) is 24.3 Å². The molecule has 0 radical (unpaired) electrons. The lowest BCUT2D eigenvalue weighted by Gasteiger charge is -2.13. The number of nitrogens with zero attached hydrogens (tertiary/aromatic N) is 4. The van der Waals surface area contributed by atoms with Crippen molar-refractivity contribution < 1.29 is 4.79 Å². The second kappa shape index (κ2) is 9.72. The molecule has 1 rings (SSSR count). The first-order valence-electron chi connectivity index (χ1n) is 6.03. The van der Waals surface area contributed by atoms with Gasteiger partial charge in [-0.1, -0.05) is 31.1 Å². The molecule has 0 fully saturated rings. The molecule has 1 heterocycles. The SMILES string of the molecule is CCN(CC)CC.NC(=O)CCn1[nH]nnc1=S. The summed E-state index contributed by atoms with van der Waals surface area (Å²) in [4.78, 5) is 12.7. The number of hydrogen-bond donors (Lipinski definition) is 2. The van der Waals surface area contributed by atoms with Crippen LogP contribution in [-0.2, 0) is 11.3 Å². The number of nitrogens with two attached hydrogens (primary N) is 1. The van der Waals surface area contributed by atoms with E-state index in [-0.39, 0.29) is 12.3 Å². The summed E-state index contributed by atoms with van der Waals surface area (Å²) in [5, 5.41) is 9.45. The van der Waals surface area contributed by atoms with Gasteiger partial charge in [0.15, 0.2) is 0 Å². The molecule has 0 unspecified atom stereocenters. The summed E-state index contributed by atoms with van der Waals surface area (Å²) in [6.45, 7) is 10.5. The molecule has 1 aromatic heterocycles. The van der Waals surface area contributed by atoms with Gasteiger partial charge in [0.05, 0.1) is 6.54 Å². The highest BCUT2D eigenvalue weighted by atomic mass is 32.1. The summed E-state index contributed by atoms with van der Waals surface area (Å²) in [5.74, 6) is -0.374. The first kappa shape index (κ1) is 16.7. The van der Waals surface area contributed by atoms with Crippen LogP contribution in [0.15, 0.2) is 0 Å². The van der Waals surface area contributed by atoms with E-state index in [1.807, 2.05) is 0 Å². The van der Waals surface area contributed by atoms with Gasteiger partial charge in [-0.15, -0.1) is 0 Å². The average molecular weight is 274 g/mol. The molecule has 18 heavy (non-hydrogen) atoms. The second-order valence-electron chi connectivity index (χ2n) is 3.57. The number of aryl methyl sites for hydroxylation is 1. The van der Waals surface area contributed by atoms with E-state index in [2.05, 4.69) is 41.2 Å². The predicted octanol–water partition coefficient (Wildman–Crippen LogP) is 0.559. The van der Waals surface area contributed by atoms with Crippen LogP contribution in [0.5, 0.6) is 0 Å². The smallest absolute Gasteiger partial charge is 0.238 e. The Kier molecular flexibility index (Phi) is 9.03. The molecule has 0 aliphatic rings. The Hall–Kier alpha value is -1.28. The van der Waals surface area contributed by atoms with Crippen LogP contribution in [0.4, 0.5) is 0 Å². The zero-order valence-corrected chi connectivity index (χ0v) is 12.0. The van der Waals surface area contributed by atoms with Crippen molar-refractivity contribution in [2.24, 2.45) is 5.73 Å². The summed E-state index contributed by atoms with van der Waals surface area (Å²) >= 11 is 4.74. The van der Waals surface area contributed by atoms with Crippen molar-refractivity contribution in [1.29, 1.82) is 0 Å². The van der Waals surface area contributed by atoms with Gasteiger partial charge in [-0.25, -0.2) is 4.68 Å². The van der Waals surface area contributed by atoms with Crippen LogP contribution < -0.4 is 5.73 Å². The molecule has 0 saturated carbocycles. The summed E-state index contributed by atoms with van der Waals surface area (Å²) in [7, 11) is 0. The van der Waals surface area contributed by atoms with Gasteiger partial charge >= 0.3 is 0 Å². The highest BCUT2D eigenvalue weighted by Crippen LogP contribution is 1.86. The third-order valence-electron chi connectivity index (χ3n) is 2.46. The van der Waals surface area contributed by atoms with Gasteiger partial charge in [0.2, 0.25) is 10.7 Å². The normalized spacial score (nSPS) is 10.0. The Morgan fingerprint density at radius 3 is 2.22 bits per heavy atom. The summed E-state index contributed by atoms with van der Waals surface area (Å²) in [6.07, 6.45) is 0.234. The lowest BCUT2D eigenvalue weighted by atomic mass is 10.4. The van der Waals surface area contributed by atoms with Crippen LogP contribution in [0, 0.1) is 4.77 Å². The lowest BCUT2D eigenvalue weighted by Crippen LogP contribution is -2.21. The van der Waals surface area contributed by atoms with E-state index < -0.39 is 0 Å². The van der Waals surface area contributed by atoms with Crippen molar-refractivity contribution in [2.75, 3.05) is 19.6 Å². The van der Waals surface area contributed by atoms with Gasteiger partial charge < -0.3 is 10.6 Å². The van der Waals surface area contributed by atoms with Crippen LogP contribution >= 0.6 is 12.2 Å². The van der Waals surface area contributed by atoms with E-state index >= 15 is 0 Å². The summed E-state index contributed by atoms with van der Waals surface area (Å²) in [6, 6.07) is 0. The molecule has 0 aromatic carbocycles. The van der Waals surface area contributed by atoms with Crippen LogP contribution in [0.3, 0.4) is 0 Å². The van der Waals surface area contributed by atoms with Crippen LogP contribution in [0.2, 0.25) is 0 Å². The quantitative estimate of drug-likeness (QED) is 0.739. The maximum atomic E-state index is 10.3. The Morgan fingerprint density at radius 1 is 1.39 bits per heavy atom. The fraction of sp³-hybridized carbons (Fsp3) is 0.800. The van der Waals surface area contributed by atoms with E-state index in [4.69, 9.17) is 18.0 Å². The number of carbonyl (C=O) groups is 1. The highest BCUT2D eigenvalue weighted by molar-refractivity contribution is 7.71. The molecule has 1 amide bonds. The van der Waals surface area contributed by atoms with Crippen molar-refractivity contribution in [3.05, 3.63) is 4.77 Å². The minimum Gasteiger partial charge on any atom is -0.370 e. The Balaban J connectivity index is 0.000000360. The number of aromatic nitrogens is 4. The third kappa shape index (κ3) is 7.13. The van der Waals surface area contributed by atoms with Gasteiger partial charge in [-0.3, -0.25) is 4.79 Å². The van der Waals surface area contributed by atoms with Gasteiger partial charge in [-0.2, -0.15) is 5.21 Å². The summed E-state index contributed by atoms with van der Waals surface area (Å²) in [5.41, 5.74) is 4.92. The molecule has 0 aliphatic carbocycles. The van der Waals surface area contributed by atoms with E-state index in [0.717, 1.165) is 0 Å². The van der Waals surface area contributed by atoms with Crippen molar-refractivity contribution in [2.45, 2.75) is 33.7 Å². The molecule has 0 atom stereocenters. The number of nitrogens with one attached hydrogen (secondary N) is 1. The molecule has 0 bridgehead atoms. The second-order valence-corrected chi connectivity index (χ2v) is 3.94. The largest absolute Gasteiger partial charge is 0.370 e. The first-order chi connectivity index (χ1) is 8.54. The number of amides is 1. The Labute approximate surface area is 112 Å². The van der Waals surface area contributed by atoms with Gasteiger partial charge in [-0.05, 0) is 31.9 Å². The average Bonchev–Trinajstić information content (AvgIpc) is 2.75. The van der Waals surface area contributed by atoms with E-state index in [9.17, 15) is 4.79 Å². The van der Waals surface area contributed by atoms with Gasteiger partial charge in [0, 0.05) is 6.42 Å². The Bertz CT molecular complexity index is 378. The van der Waals surface area contributed by atoms with E-state index in [0.29, 0.717) is 11.3 Å². The van der Waals surface area contributed by atoms with Crippen molar-refractivity contribution in [3.8, 4) is 0 Å². The van der Waals surface area contributed by atoms with Crippen molar-refractivity contribution in [1.82, 2.24) is 25.1 Å². The highest BCUT2D eigenvalue weighted by Gasteiger charge is 1.97. The maximum absolute atomic E-state index is 10.3. The van der Waals surface area contributed by atoms with E-state index in [1.54, 1.807) is 0 Å². The van der Waals surface area contributed by atoms with Gasteiger partial charge in [0.1, 0.15) is 0 Å². The molecule has 7 nitrogen and oxygen atoms in total. The van der Waals surface area contributed by atoms with Crippen LogP contribution in [0.1, 0.15) is 27.2 Å². The van der Waals surface area contributed by atoms with Crippen LogP contribution in [0.25, 0.3) is 0 Å². The number of H-pyrrole nitrogens is 1. The standard InChI is InChI=1S/C6H15N.C4H7N5OS/c1-4-7(5-2)6-3;5-3(10)1-2-9-4(11)6-7-8-9/h4-6H2,1-3H3;1-2H2,(H2,5,10)(H,6,8,11). The number of rotatable bonds is 6. The first-order valence-corrected chi connectivity index (χ1v) is 6.44. The van der Waals surface area contributed by atoms with Gasteiger partial charge in [0.25, 0.3) is 0 Å². The number of hydrogen-bond acceptors (Lipinski definition) is 5. The number of aromatic amines is 1. The zero-order valence-electron chi connectivity index (χ0n) is 11.2. The minimum atomic E-state index is -0.374. The molecule has 8 heteroatoms. The molecular formula is C10H22N6OS. The monoisotopic (exact) mass is 274 g/mol. The molecule has 1 aromatic rings. The lowest BCUT2D eigenvalue weighted by molar-refractivity contribution is -0.118. The fourth-order valence-corrected chi connectivity index (χ4v) is 1.43. The number of tetrazole rings is 1. The molecular weight excluding hydrogens is 252 g/mol. The van der Waals surface area contributed by atoms with Crippen molar-refractivity contribution in [3.63, 3.8) is 0 Å². The third-order valence-corrected chi connectivity index (χ3v) is 2.76. The maximum Gasteiger partial charge on any atom is 0.238 e.